The smallest absolute Gasteiger partial charge is 0.253 e. The van der Waals surface area contributed by atoms with E-state index in [4.69, 9.17) is 12.2 Å². The van der Waals surface area contributed by atoms with Gasteiger partial charge in [0.15, 0.2) is 4.77 Å². The highest BCUT2D eigenvalue weighted by molar-refractivity contribution is 7.71. The first-order valence-electron chi connectivity index (χ1n) is 11.8. The monoisotopic (exact) mass is 468 g/mol. The maximum Gasteiger partial charge on any atom is 0.253 e. The Morgan fingerprint density at radius 1 is 0.941 bits per heavy atom. The molecular weight excluding hydrogens is 440 g/mol. The summed E-state index contributed by atoms with van der Waals surface area (Å²) >= 11 is 5.26. The lowest BCUT2D eigenvalue weighted by molar-refractivity contribution is 0.0690. The summed E-state index contributed by atoms with van der Waals surface area (Å²) in [5.41, 5.74) is 4.18. The SMILES string of the molecule is O=C(c1ccc(CNc2nc(=S)[nH]c3ccccc23)cc1)N1CCC(Cc2ccccc2)CC1. The molecule has 0 aliphatic carbocycles. The largest absolute Gasteiger partial charge is 0.365 e. The number of carbonyl (C=O) groups excluding carboxylic acids is 1. The van der Waals surface area contributed by atoms with Crippen LogP contribution in [0, 0.1) is 10.7 Å². The van der Waals surface area contributed by atoms with Gasteiger partial charge < -0.3 is 15.2 Å². The van der Waals surface area contributed by atoms with E-state index in [1.807, 2.05) is 53.4 Å². The van der Waals surface area contributed by atoms with Gasteiger partial charge in [0.1, 0.15) is 5.82 Å². The van der Waals surface area contributed by atoms with Crippen LogP contribution in [0.25, 0.3) is 10.9 Å². The van der Waals surface area contributed by atoms with Crippen LogP contribution in [0.1, 0.15) is 34.3 Å². The normalized spacial score (nSPS) is 14.3. The van der Waals surface area contributed by atoms with E-state index in [9.17, 15) is 4.79 Å². The number of piperidine rings is 1. The van der Waals surface area contributed by atoms with Crippen LogP contribution in [0.2, 0.25) is 0 Å². The zero-order valence-electron chi connectivity index (χ0n) is 19.0. The second kappa shape index (κ2) is 10.2. The summed E-state index contributed by atoms with van der Waals surface area (Å²) < 4.78 is 0.453. The third kappa shape index (κ3) is 5.18. The fraction of sp³-hybridized carbons (Fsp3) is 0.250. The average molecular weight is 469 g/mol. The Labute approximate surface area is 204 Å². The highest BCUT2D eigenvalue weighted by atomic mass is 32.1. The van der Waals surface area contributed by atoms with Crippen molar-refractivity contribution in [2.75, 3.05) is 18.4 Å². The van der Waals surface area contributed by atoms with Gasteiger partial charge in [-0.15, -0.1) is 0 Å². The molecule has 0 atom stereocenters. The van der Waals surface area contributed by atoms with Gasteiger partial charge in [0.2, 0.25) is 0 Å². The summed E-state index contributed by atoms with van der Waals surface area (Å²) in [6.07, 6.45) is 3.22. The molecule has 5 nitrogen and oxygen atoms in total. The first kappa shape index (κ1) is 22.3. The lowest BCUT2D eigenvalue weighted by atomic mass is 9.90. The number of hydrogen-bond donors (Lipinski definition) is 2. The van der Waals surface area contributed by atoms with Crippen LogP contribution >= 0.6 is 12.2 Å². The molecule has 4 aromatic rings. The molecule has 1 fully saturated rings. The van der Waals surface area contributed by atoms with Crippen LogP contribution < -0.4 is 5.32 Å². The number of amides is 1. The van der Waals surface area contributed by atoms with Crippen LogP contribution in [0.4, 0.5) is 5.82 Å². The number of fused-ring (bicyclic) bond motifs is 1. The number of benzene rings is 3. The summed E-state index contributed by atoms with van der Waals surface area (Å²) in [6.45, 7) is 2.26. The molecule has 1 saturated heterocycles. The average Bonchev–Trinajstić information content (AvgIpc) is 2.88. The third-order valence-corrected chi connectivity index (χ3v) is 6.76. The topological polar surface area (TPSA) is 61.0 Å². The van der Waals surface area contributed by atoms with Gasteiger partial charge in [-0.05, 0) is 72.8 Å². The van der Waals surface area contributed by atoms with Crippen LogP contribution in [-0.4, -0.2) is 33.9 Å². The van der Waals surface area contributed by atoms with Gasteiger partial charge in [-0.3, -0.25) is 4.79 Å². The van der Waals surface area contributed by atoms with Crippen molar-refractivity contribution in [3.8, 4) is 0 Å². The molecule has 1 aliphatic heterocycles. The first-order chi connectivity index (χ1) is 16.7. The molecule has 1 amide bonds. The van der Waals surface area contributed by atoms with Crippen molar-refractivity contribution < 1.29 is 4.79 Å². The fourth-order valence-corrected chi connectivity index (χ4v) is 4.86. The van der Waals surface area contributed by atoms with Crippen LogP contribution in [0.15, 0.2) is 78.9 Å². The number of aromatic nitrogens is 2. The Balaban J connectivity index is 1.17. The Bertz CT molecular complexity index is 1330. The van der Waals surface area contributed by atoms with Gasteiger partial charge in [-0.1, -0.05) is 54.6 Å². The summed E-state index contributed by atoms with van der Waals surface area (Å²) in [5.74, 6) is 1.54. The molecule has 0 bridgehead atoms. The highest BCUT2D eigenvalue weighted by Crippen LogP contribution is 2.23. The number of hydrogen-bond acceptors (Lipinski definition) is 4. The van der Waals surface area contributed by atoms with E-state index in [0.29, 0.717) is 17.2 Å². The molecule has 0 radical (unpaired) electrons. The molecular formula is C28H28N4OS. The van der Waals surface area contributed by atoms with Gasteiger partial charge in [-0.2, -0.15) is 0 Å². The quantitative estimate of drug-likeness (QED) is 0.341. The van der Waals surface area contributed by atoms with E-state index in [1.54, 1.807) is 0 Å². The lowest BCUT2D eigenvalue weighted by Crippen LogP contribution is -2.38. The number of aromatic amines is 1. The van der Waals surface area contributed by atoms with E-state index in [1.165, 1.54) is 5.56 Å². The summed E-state index contributed by atoms with van der Waals surface area (Å²) in [6, 6.07) is 26.5. The molecule has 172 valence electrons. The van der Waals surface area contributed by atoms with E-state index in [2.05, 4.69) is 45.6 Å². The number of nitrogens with one attached hydrogen (secondary N) is 2. The Hall–Kier alpha value is -3.51. The fourth-order valence-electron chi connectivity index (χ4n) is 4.66. The van der Waals surface area contributed by atoms with Gasteiger partial charge in [0.25, 0.3) is 5.91 Å². The van der Waals surface area contributed by atoms with Crippen molar-refractivity contribution >= 4 is 34.8 Å². The molecule has 1 aliphatic rings. The molecule has 3 aromatic carbocycles. The van der Waals surface area contributed by atoms with Crippen molar-refractivity contribution in [3.63, 3.8) is 0 Å². The van der Waals surface area contributed by atoms with Crippen molar-refractivity contribution in [1.29, 1.82) is 0 Å². The van der Waals surface area contributed by atoms with E-state index in [-0.39, 0.29) is 5.91 Å². The van der Waals surface area contributed by atoms with E-state index < -0.39 is 0 Å². The predicted molar refractivity (Wildman–Crippen MR) is 139 cm³/mol. The van der Waals surface area contributed by atoms with Gasteiger partial charge in [-0.25, -0.2) is 4.98 Å². The van der Waals surface area contributed by atoms with Crippen LogP contribution in [-0.2, 0) is 13.0 Å². The minimum Gasteiger partial charge on any atom is -0.365 e. The Morgan fingerprint density at radius 2 is 1.65 bits per heavy atom. The van der Waals surface area contributed by atoms with Gasteiger partial charge >= 0.3 is 0 Å². The van der Waals surface area contributed by atoms with Crippen molar-refractivity contribution in [3.05, 3.63) is 100 Å². The number of H-pyrrole nitrogens is 1. The van der Waals surface area contributed by atoms with E-state index in [0.717, 1.165) is 60.2 Å². The minimum absolute atomic E-state index is 0.125. The number of anilines is 1. The molecule has 6 heteroatoms. The zero-order valence-corrected chi connectivity index (χ0v) is 19.9. The first-order valence-corrected chi connectivity index (χ1v) is 12.2. The Kier molecular flexibility index (Phi) is 6.67. The number of para-hydroxylation sites is 1. The number of nitrogens with zero attached hydrogens (tertiary/aromatic N) is 2. The van der Waals surface area contributed by atoms with Gasteiger partial charge in [0.05, 0.1) is 5.52 Å². The molecule has 0 saturated carbocycles. The standard InChI is InChI=1S/C28H28N4OS/c33-27(32-16-14-21(15-17-32)18-20-6-2-1-3-7-20)23-12-10-22(11-13-23)19-29-26-24-8-4-5-9-25(24)30-28(34)31-26/h1-13,21H,14-19H2,(H2,29,30,31,34). The molecule has 2 heterocycles. The van der Waals surface area contributed by atoms with Crippen molar-refractivity contribution in [2.24, 2.45) is 5.92 Å². The van der Waals surface area contributed by atoms with E-state index >= 15 is 0 Å². The molecule has 34 heavy (non-hydrogen) atoms. The predicted octanol–water partition coefficient (Wildman–Crippen LogP) is 6.00. The Morgan fingerprint density at radius 3 is 2.41 bits per heavy atom. The summed E-state index contributed by atoms with van der Waals surface area (Å²) in [4.78, 5) is 22.6. The number of likely N-dealkylation sites (tertiary alicyclic amines) is 1. The van der Waals surface area contributed by atoms with Gasteiger partial charge in [0, 0.05) is 30.6 Å². The summed E-state index contributed by atoms with van der Waals surface area (Å²) in [5, 5.41) is 4.39. The second-order valence-electron chi connectivity index (χ2n) is 8.91. The highest BCUT2D eigenvalue weighted by Gasteiger charge is 2.23. The molecule has 1 aromatic heterocycles. The molecule has 0 unspecified atom stereocenters. The third-order valence-electron chi connectivity index (χ3n) is 6.57. The minimum atomic E-state index is 0.125. The molecule has 5 rings (SSSR count). The molecule has 2 N–H and O–H groups in total. The van der Waals surface area contributed by atoms with Crippen LogP contribution in [0.5, 0.6) is 0 Å². The number of carbonyl (C=O) groups is 1. The zero-order chi connectivity index (χ0) is 23.3. The van der Waals surface area contributed by atoms with Crippen LogP contribution in [0.3, 0.4) is 0 Å². The van der Waals surface area contributed by atoms with Crippen molar-refractivity contribution in [1.82, 2.24) is 14.9 Å². The van der Waals surface area contributed by atoms with Crippen molar-refractivity contribution in [2.45, 2.75) is 25.8 Å². The number of rotatable bonds is 6. The lowest BCUT2D eigenvalue weighted by Gasteiger charge is -2.32. The maximum absolute atomic E-state index is 13.0. The second-order valence-corrected chi connectivity index (χ2v) is 9.30. The maximum atomic E-state index is 13.0. The summed E-state index contributed by atoms with van der Waals surface area (Å²) in [7, 11) is 0. The molecule has 0 spiro atoms.